The highest BCUT2D eigenvalue weighted by atomic mass is 35.5. The zero-order valence-electron chi connectivity index (χ0n) is 10.0. The molecule has 1 aromatic heterocycles. The van der Waals surface area contributed by atoms with Crippen LogP contribution in [-0.4, -0.2) is 12.0 Å². The molecule has 0 radical (unpaired) electrons. The van der Waals surface area contributed by atoms with Crippen LogP contribution in [0.15, 0.2) is 42.7 Å². The van der Waals surface area contributed by atoms with Gasteiger partial charge in [0.15, 0.2) is 0 Å². The van der Waals surface area contributed by atoms with E-state index in [0.717, 1.165) is 12.0 Å². The number of nitrogens with one attached hydrogen (secondary N) is 1. The van der Waals surface area contributed by atoms with Crippen LogP contribution >= 0.6 is 23.2 Å². The summed E-state index contributed by atoms with van der Waals surface area (Å²) in [5.74, 6) is 0. The van der Waals surface area contributed by atoms with Crippen LogP contribution in [-0.2, 0) is 6.42 Å². The lowest BCUT2D eigenvalue weighted by molar-refractivity contribution is 0.592. The second-order valence-electron chi connectivity index (χ2n) is 4.10. The van der Waals surface area contributed by atoms with E-state index in [9.17, 15) is 0 Å². The molecule has 0 bridgehead atoms. The Bertz CT molecular complexity index is 494. The van der Waals surface area contributed by atoms with E-state index < -0.39 is 0 Å². The molecule has 0 aliphatic heterocycles. The Balaban J connectivity index is 2.23. The van der Waals surface area contributed by atoms with Crippen molar-refractivity contribution in [2.75, 3.05) is 7.05 Å². The predicted molar refractivity (Wildman–Crippen MR) is 76.2 cm³/mol. The fourth-order valence-electron chi connectivity index (χ4n) is 1.92. The molecular formula is C14H14Cl2N2. The lowest BCUT2D eigenvalue weighted by atomic mass is 10.00. The topological polar surface area (TPSA) is 24.9 Å². The van der Waals surface area contributed by atoms with Gasteiger partial charge in [-0.3, -0.25) is 4.98 Å². The first-order valence-electron chi connectivity index (χ1n) is 5.71. The predicted octanol–water partition coefficient (Wildman–Crippen LogP) is 3.89. The Kier molecular flexibility index (Phi) is 4.59. The van der Waals surface area contributed by atoms with Crippen molar-refractivity contribution in [1.29, 1.82) is 0 Å². The Morgan fingerprint density at radius 1 is 1.11 bits per heavy atom. The van der Waals surface area contributed by atoms with Gasteiger partial charge in [0, 0.05) is 28.5 Å². The molecule has 0 saturated carbocycles. The number of rotatable bonds is 4. The Hall–Kier alpha value is -1.09. The van der Waals surface area contributed by atoms with Gasteiger partial charge in [-0.25, -0.2) is 0 Å². The van der Waals surface area contributed by atoms with Gasteiger partial charge in [0.05, 0.1) is 0 Å². The number of hydrogen-bond acceptors (Lipinski definition) is 2. The molecule has 2 aromatic rings. The molecule has 0 saturated heterocycles. The van der Waals surface area contributed by atoms with Gasteiger partial charge < -0.3 is 5.32 Å². The van der Waals surface area contributed by atoms with E-state index in [-0.39, 0.29) is 6.04 Å². The standard InChI is InChI=1S/C14H14Cl2N2/c1-17-14(6-10-2-4-18-5-3-10)11-7-12(15)9-13(16)8-11/h2-5,7-9,14,17H,6H2,1H3. The van der Waals surface area contributed by atoms with E-state index >= 15 is 0 Å². The zero-order valence-corrected chi connectivity index (χ0v) is 11.5. The fraction of sp³-hybridized carbons (Fsp3) is 0.214. The summed E-state index contributed by atoms with van der Waals surface area (Å²) in [5.41, 5.74) is 2.31. The molecule has 0 spiro atoms. The van der Waals surface area contributed by atoms with E-state index in [1.807, 2.05) is 31.3 Å². The van der Waals surface area contributed by atoms with Crippen LogP contribution in [0.25, 0.3) is 0 Å². The molecule has 0 amide bonds. The Morgan fingerprint density at radius 3 is 2.28 bits per heavy atom. The molecule has 1 N–H and O–H groups in total. The minimum atomic E-state index is 0.184. The summed E-state index contributed by atoms with van der Waals surface area (Å²) in [6.45, 7) is 0. The van der Waals surface area contributed by atoms with Crippen molar-refractivity contribution < 1.29 is 0 Å². The molecular weight excluding hydrogens is 267 g/mol. The average Bonchev–Trinajstić information content (AvgIpc) is 2.36. The molecule has 18 heavy (non-hydrogen) atoms. The van der Waals surface area contributed by atoms with Gasteiger partial charge in [0.25, 0.3) is 0 Å². The third-order valence-corrected chi connectivity index (χ3v) is 3.26. The molecule has 0 aliphatic rings. The summed E-state index contributed by atoms with van der Waals surface area (Å²) in [7, 11) is 1.93. The molecule has 1 heterocycles. The second-order valence-corrected chi connectivity index (χ2v) is 4.98. The van der Waals surface area contributed by atoms with E-state index in [1.165, 1.54) is 5.56 Å². The van der Waals surface area contributed by atoms with Crippen LogP contribution in [0.5, 0.6) is 0 Å². The van der Waals surface area contributed by atoms with Crippen molar-refractivity contribution in [2.45, 2.75) is 12.5 Å². The number of likely N-dealkylation sites (N-methyl/N-ethyl adjacent to an activating group) is 1. The van der Waals surface area contributed by atoms with Gasteiger partial charge in [0.1, 0.15) is 0 Å². The highest BCUT2D eigenvalue weighted by molar-refractivity contribution is 6.34. The highest BCUT2D eigenvalue weighted by Gasteiger charge is 2.11. The molecule has 4 heteroatoms. The van der Waals surface area contributed by atoms with Crippen molar-refractivity contribution in [3.63, 3.8) is 0 Å². The SMILES string of the molecule is CNC(Cc1ccncc1)c1cc(Cl)cc(Cl)c1. The maximum absolute atomic E-state index is 6.03. The van der Waals surface area contributed by atoms with Crippen LogP contribution in [0.1, 0.15) is 17.2 Å². The van der Waals surface area contributed by atoms with Crippen LogP contribution in [0.3, 0.4) is 0 Å². The van der Waals surface area contributed by atoms with Gasteiger partial charge in [-0.1, -0.05) is 23.2 Å². The third kappa shape index (κ3) is 3.45. The molecule has 94 valence electrons. The number of benzene rings is 1. The first-order valence-corrected chi connectivity index (χ1v) is 6.47. The normalized spacial score (nSPS) is 12.4. The quantitative estimate of drug-likeness (QED) is 0.919. The molecule has 1 aromatic carbocycles. The summed E-state index contributed by atoms with van der Waals surface area (Å²) in [6, 6.07) is 9.83. The number of aromatic nitrogens is 1. The smallest absolute Gasteiger partial charge is 0.0424 e. The first-order chi connectivity index (χ1) is 8.69. The molecule has 0 fully saturated rings. The minimum absolute atomic E-state index is 0.184. The third-order valence-electron chi connectivity index (χ3n) is 2.82. The lowest BCUT2D eigenvalue weighted by Gasteiger charge is -2.17. The molecule has 1 atom stereocenters. The number of pyridine rings is 1. The fourth-order valence-corrected chi connectivity index (χ4v) is 2.46. The highest BCUT2D eigenvalue weighted by Crippen LogP contribution is 2.25. The molecule has 2 rings (SSSR count). The summed E-state index contributed by atoms with van der Waals surface area (Å²) >= 11 is 12.1. The van der Waals surface area contributed by atoms with Crippen LogP contribution in [0, 0.1) is 0 Å². The number of nitrogens with zero attached hydrogens (tertiary/aromatic N) is 1. The molecule has 0 aliphatic carbocycles. The minimum Gasteiger partial charge on any atom is -0.313 e. The van der Waals surface area contributed by atoms with Gasteiger partial charge in [-0.15, -0.1) is 0 Å². The van der Waals surface area contributed by atoms with Gasteiger partial charge >= 0.3 is 0 Å². The first kappa shape index (κ1) is 13.3. The van der Waals surface area contributed by atoms with E-state index in [0.29, 0.717) is 10.0 Å². The maximum atomic E-state index is 6.03. The summed E-state index contributed by atoms with van der Waals surface area (Å²) in [5, 5.41) is 4.60. The average molecular weight is 281 g/mol. The van der Waals surface area contributed by atoms with E-state index in [4.69, 9.17) is 23.2 Å². The maximum Gasteiger partial charge on any atom is 0.0424 e. The monoisotopic (exact) mass is 280 g/mol. The van der Waals surface area contributed by atoms with E-state index in [1.54, 1.807) is 18.5 Å². The van der Waals surface area contributed by atoms with Crippen LogP contribution in [0.2, 0.25) is 10.0 Å². The second kappa shape index (κ2) is 6.19. The molecule has 2 nitrogen and oxygen atoms in total. The van der Waals surface area contributed by atoms with Crippen molar-refractivity contribution in [3.05, 3.63) is 63.9 Å². The zero-order chi connectivity index (χ0) is 13.0. The number of hydrogen-bond donors (Lipinski definition) is 1. The Morgan fingerprint density at radius 2 is 1.72 bits per heavy atom. The summed E-state index contributed by atoms with van der Waals surface area (Å²) in [4.78, 5) is 4.02. The largest absolute Gasteiger partial charge is 0.313 e. The summed E-state index contributed by atoms with van der Waals surface area (Å²) < 4.78 is 0. The van der Waals surface area contributed by atoms with Crippen molar-refractivity contribution >= 4 is 23.2 Å². The summed E-state index contributed by atoms with van der Waals surface area (Å²) in [6.07, 6.45) is 4.47. The van der Waals surface area contributed by atoms with Gasteiger partial charge in [-0.05, 0) is 54.9 Å². The Labute approximate surface area is 117 Å². The van der Waals surface area contributed by atoms with Gasteiger partial charge in [-0.2, -0.15) is 0 Å². The van der Waals surface area contributed by atoms with Crippen molar-refractivity contribution in [1.82, 2.24) is 10.3 Å². The van der Waals surface area contributed by atoms with Crippen LogP contribution < -0.4 is 5.32 Å². The van der Waals surface area contributed by atoms with Crippen LogP contribution in [0.4, 0.5) is 0 Å². The van der Waals surface area contributed by atoms with Gasteiger partial charge in [0.2, 0.25) is 0 Å². The lowest BCUT2D eigenvalue weighted by Crippen LogP contribution is -2.18. The van der Waals surface area contributed by atoms with E-state index in [2.05, 4.69) is 10.3 Å². The number of halogens is 2. The molecule has 1 unspecified atom stereocenters. The van der Waals surface area contributed by atoms with Crippen molar-refractivity contribution in [2.24, 2.45) is 0 Å². The van der Waals surface area contributed by atoms with Crippen molar-refractivity contribution in [3.8, 4) is 0 Å².